The van der Waals surface area contributed by atoms with E-state index in [4.69, 9.17) is 0 Å². The summed E-state index contributed by atoms with van der Waals surface area (Å²) in [5, 5.41) is 4.69. The lowest BCUT2D eigenvalue weighted by Crippen LogP contribution is -2.47. The summed E-state index contributed by atoms with van der Waals surface area (Å²) in [6.45, 7) is 2.69. The number of nitrogens with one attached hydrogen (secondary N) is 1. The Morgan fingerprint density at radius 1 is 1.26 bits per heavy atom. The molecule has 0 spiro atoms. The van der Waals surface area contributed by atoms with E-state index < -0.39 is 18.6 Å². The van der Waals surface area contributed by atoms with Crippen molar-refractivity contribution in [2.75, 3.05) is 13.1 Å². The number of carbonyl (C=O) groups excluding carboxylic acids is 1. The molecule has 1 saturated heterocycles. The van der Waals surface area contributed by atoms with Crippen LogP contribution in [0.3, 0.4) is 0 Å². The fourth-order valence-electron chi connectivity index (χ4n) is 3.20. The molecule has 0 aromatic heterocycles. The van der Waals surface area contributed by atoms with Crippen molar-refractivity contribution in [1.82, 2.24) is 15.1 Å². The third kappa shape index (κ3) is 4.95. The van der Waals surface area contributed by atoms with E-state index in [0.717, 1.165) is 11.3 Å². The summed E-state index contributed by atoms with van der Waals surface area (Å²) in [4.78, 5) is 16.4. The molecule has 148 valence electrons. The van der Waals surface area contributed by atoms with E-state index in [9.17, 15) is 22.4 Å². The van der Waals surface area contributed by atoms with Gasteiger partial charge in [0.1, 0.15) is 5.82 Å². The van der Waals surface area contributed by atoms with Crippen molar-refractivity contribution < 1.29 is 22.4 Å². The minimum absolute atomic E-state index is 0.179. The topological polar surface area (TPSA) is 35.6 Å². The first-order valence-electron chi connectivity index (χ1n) is 8.68. The summed E-state index contributed by atoms with van der Waals surface area (Å²) in [7, 11) is 0. The summed E-state index contributed by atoms with van der Waals surface area (Å²) < 4.78 is 50.0. The van der Waals surface area contributed by atoms with Crippen molar-refractivity contribution in [3.8, 4) is 0 Å². The zero-order chi connectivity index (χ0) is 19.6. The third-order valence-corrected chi connectivity index (χ3v) is 5.88. The van der Waals surface area contributed by atoms with E-state index in [1.807, 2.05) is 17.2 Å². The van der Waals surface area contributed by atoms with Crippen LogP contribution in [0.2, 0.25) is 0 Å². The maximum absolute atomic E-state index is 13.1. The number of hydrogen-bond acceptors (Lipinski definition) is 4. The molecule has 1 N–H and O–H groups in total. The molecule has 0 saturated carbocycles. The molecule has 0 bridgehead atoms. The quantitative estimate of drug-likeness (QED) is 0.736. The van der Waals surface area contributed by atoms with Crippen molar-refractivity contribution in [3.63, 3.8) is 0 Å². The van der Waals surface area contributed by atoms with Gasteiger partial charge >= 0.3 is 6.18 Å². The van der Waals surface area contributed by atoms with Gasteiger partial charge in [-0.25, -0.2) is 4.39 Å². The molecule has 4 nitrogen and oxygen atoms in total. The summed E-state index contributed by atoms with van der Waals surface area (Å²) in [6.07, 6.45) is -4.70. The average Bonchev–Trinajstić information content (AvgIpc) is 3.12. The monoisotopic (exact) mass is 403 g/mol. The molecule has 2 heterocycles. The largest absolute Gasteiger partial charge is 0.390 e. The van der Waals surface area contributed by atoms with Gasteiger partial charge in [-0.3, -0.25) is 4.79 Å². The number of amides is 1. The van der Waals surface area contributed by atoms with Gasteiger partial charge in [-0.05, 0) is 36.4 Å². The van der Waals surface area contributed by atoms with E-state index in [0.29, 0.717) is 19.5 Å². The lowest BCUT2D eigenvalue weighted by atomic mass is 10.2. The van der Waals surface area contributed by atoms with Gasteiger partial charge < -0.3 is 15.1 Å². The maximum Gasteiger partial charge on any atom is 0.390 e. The number of carbonyl (C=O) groups is 1. The second kappa shape index (κ2) is 8.10. The van der Waals surface area contributed by atoms with E-state index in [2.05, 4.69) is 5.32 Å². The number of benzene rings is 1. The van der Waals surface area contributed by atoms with E-state index >= 15 is 0 Å². The minimum Gasteiger partial charge on any atom is -0.341 e. The van der Waals surface area contributed by atoms with Crippen molar-refractivity contribution in [2.24, 2.45) is 0 Å². The van der Waals surface area contributed by atoms with Crippen LogP contribution in [0.15, 0.2) is 35.4 Å². The predicted molar refractivity (Wildman–Crippen MR) is 95.9 cm³/mol. The molecule has 2 unspecified atom stereocenters. The fourth-order valence-corrected chi connectivity index (χ4v) is 4.40. The van der Waals surface area contributed by atoms with E-state index in [1.54, 1.807) is 17.0 Å². The van der Waals surface area contributed by atoms with Crippen LogP contribution >= 0.6 is 11.8 Å². The molecule has 9 heteroatoms. The molecule has 2 aliphatic heterocycles. The minimum atomic E-state index is -4.23. The Labute approximate surface area is 159 Å². The normalized spacial score (nSPS) is 23.3. The molecule has 1 aromatic carbocycles. The van der Waals surface area contributed by atoms with Crippen LogP contribution in [0, 0.1) is 5.82 Å². The fraction of sp³-hybridized carbons (Fsp3) is 0.500. The summed E-state index contributed by atoms with van der Waals surface area (Å²) in [5.74, 6) is -0.484. The van der Waals surface area contributed by atoms with Crippen molar-refractivity contribution in [2.45, 2.75) is 44.0 Å². The number of allylic oxidation sites excluding steroid dienone is 1. The number of rotatable bonds is 6. The molecule has 2 atom stereocenters. The van der Waals surface area contributed by atoms with Gasteiger partial charge in [-0.1, -0.05) is 23.9 Å². The second-order valence-corrected chi connectivity index (χ2v) is 7.60. The van der Waals surface area contributed by atoms with Crippen LogP contribution in [0.1, 0.15) is 25.3 Å². The van der Waals surface area contributed by atoms with Gasteiger partial charge in [0, 0.05) is 25.3 Å². The first kappa shape index (κ1) is 20.0. The first-order valence-corrected chi connectivity index (χ1v) is 9.63. The Balaban J connectivity index is 1.61. The standard InChI is InChI=1S/C18H21F4N3OS/c1-12-11-27-17(25(12)10-13-2-4-14(19)5-3-13)24-9-6-15(16(24)26)23-8-7-18(20,21)22/h2-5,11,15,17,23H,6-10H2,1H3. The van der Waals surface area contributed by atoms with Gasteiger partial charge in [0.15, 0.2) is 5.50 Å². The Morgan fingerprint density at radius 2 is 1.96 bits per heavy atom. The lowest BCUT2D eigenvalue weighted by Gasteiger charge is -2.34. The second-order valence-electron chi connectivity index (χ2n) is 6.67. The van der Waals surface area contributed by atoms with Crippen LogP contribution < -0.4 is 5.32 Å². The van der Waals surface area contributed by atoms with Gasteiger partial charge in [-0.2, -0.15) is 13.2 Å². The SMILES string of the molecule is CC1=CSC(N2CCC(NCCC(F)(F)F)C2=O)N1Cc1ccc(F)cc1. The highest BCUT2D eigenvalue weighted by atomic mass is 32.2. The molecule has 3 rings (SSSR count). The highest BCUT2D eigenvalue weighted by molar-refractivity contribution is 8.02. The van der Waals surface area contributed by atoms with Crippen LogP contribution in [-0.2, 0) is 11.3 Å². The number of thioether (sulfide) groups is 1. The smallest absolute Gasteiger partial charge is 0.341 e. The van der Waals surface area contributed by atoms with Crippen LogP contribution in [0.25, 0.3) is 0 Å². The molecule has 0 radical (unpaired) electrons. The molecule has 0 aliphatic carbocycles. The Morgan fingerprint density at radius 3 is 2.63 bits per heavy atom. The zero-order valence-electron chi connectivity index (χ0n) is 14.8. The van der Waals surface area contributed by atoms with Gasteiger partial charge in [0.2, 0.25) is 5.91 Å². The summed E-state index contributed by atoms with van der Waals surface area (Å²) in [6, 6.07) is 5.62. The molecular weight excluding hydrogens is 382 g/mol. The third-order valence-electron chi connectivity index (χ3n) is 4.65. The van der Waals surface area contributed by atoms with Gasteiger partial charge in [0.25, 0.3) is 0 Å². The maximum atomic E-state index is 13.1. The van der Waals surface area contributed by atoms with Crippen molar-refractivity contribution in [1.29, 1.82) is 0 Å². The van der Waals surface area contributed by atoms with Crippen LogP contribution in [-0.4, -0.2) is 46.5 Å². The molecule has 27 heavy (non-hydrogen) atoms. The van der Waals surface area contributed by atoms with E-state index in [1.165, 1.54) is 23.9 Å². The summed E-state index contributed by atoms with van der Waals surface area (Å²) >= 11 is 1.50. The number of nitrogens with zero attached hydrogens (tertiary/aromatic N) is 2. The van der Waals surface area contributed by atoms with E-state index in [-0.39, 0.29) is 23.8 Å². The highest BCUT2D eigenvalue weighted by Gasteiger charge is 2.40. The van der Waals surface area contributed by atoms with Crippen LogP contribution in [0.4, 0.5) is 17.6 Å². The Bertz CT molecular complexity index is 708. The lowest BCUT2D eigenvalue weighted by molar-refractivity contribution is -0.137. The van der Waals surface area contributed by atoms with Crippen molar-refractivity contribution in [3.05, 3.63) is 46.8 Å². The molecule has 1 fully saturated rings. The van der Waals surface area contributed by atoms with Crippen LogP contribution in [0.5, 0.6) is 0 Å². The zero-order valence-corrected chi connectivity index (χ0v) is 15.6. The molecule has 1 aromatic rings. The number of halogens is 4. The molecule has 1 amide bonds. The Kier molecular flexibility index (Phi) is 6.00. The van der Waals surface area contributed by atoms with Crippen molar-refractivity contribution >= 4 is 17.7 Å². The number of alkyl halides is 3. The molecule has 2 aliphatic rings. The number of likely N-dealkylation sites (tertiary alicyclic amines) is 1. The average molecular weight is 403 g/mol. The predicted octanol–water partition coefficient (Wildman–Crippen LogP) is 3.66. The Hall–Kier alpha value is -1.74. The summed E-state index contributed by atoms with van der Waals surface area (Å²) in [5.41, 5.74) is 1.68. The first-order chi connectivity index (χ1) is 12.7. The highest BCUT2D eigenvalue weighted by Crippen LogP contribution is 2.36. The number of hydrogen-bond donors (Lipinski definition) is 1. The van der Waals surface area contributed by atoms with Gasteiger partial charge in [0.05, 0.1) is 12.5 Å². The van der Waals surface area contributed by atoms with Gasteiger partial charge in [-0.15, -0.1) is 0 Å². The molecular formula is C18H21F4N3OS.